The molecule has 3 unspecified atom stereocenters. The molecule has 7 heteroatoms. The van der Waals surface area contributed by atoms with E-state index in [-0.39, 0.29) is 18.4 Å². The van der Waals surface area contributed by atoms with Crippen LogP contribution >= 0.6 is 0 Å². The Hall–Kier alpha value is -2.93. The van der Waals surface area contributed by atoms with Crippen LogP contribution in [0, 0.1) is 5.92 Å². The zero-order chi connectivity index (χ0) is 21.5. The van der Waals surface area contributed by atoms with Crippen LogP contribution in [0.15, 0.2) is 35.9 Å². The fraction of sp³-hybridized carbons (Fsp3) is 0.435. The minimum atomic E-state index is -1.22. The predicted octanol–water partition coefficient (Wildman–Crippen LogP) is 2.74. The Balaban J connectivity index is 2.15. The van der Waals surface area contributed by atoms with E-state index in [0.717, 1.165) is 22.8 Å². The van der Waals surface area contributed by atoms with E-state index in [2.05, 4.69) is 5.32 Å². The molecule has 2 aromatic rings. The Labute approximate surface area is 175 Å². The van der Waals surface area contributed by atoms with E-state index in [0.29, 0.717) is 30.6 Å². The van der Waals surface area contributed by atoms with Gasteiger partial charge in [0.15, 0.2) is 0 Å². The number of nitrogens with zero attached hydrogens (tertiary/aromatic N) is 1. The number of esters is 1. The molecule has 0 amide bonds. The van der Waals surface area contributed by atoms with E-state index in [1.54, 1.807) is 0 Å². The minimum Gasteiger partial charge on any atom is -0.468 e. The number of rotatable bonds is 2. The molecule has 1 aromatic heterocycles. The van der Waals surface area contributed by atoms with Gasteiger partial charge >= 0.3 is 12.1 Å². The van der Waals surface area contributed by atoms with E-state index in [1.807, 2.05) is 37.3 Å². The van der Waals surface area contributed by atoms with Crippen molar-refractivity contribution in [3.63, 3.8) is 0 Å². The van der Waals surface area contributed by atoms with Crippen molar-refractivity contribution in [2.24, 2.45) is 5.92 Å². The Kier molecular flexibility index (Phi) is 5.24. The number of hydrogen-bond acceptors (Lipinski definition) is 6. The highest BCUT2D eigenvalue weighted by Crippen LogP contribution is 2.49. The number of para-hydroxylation sites is 1. The molecule has 1 saturated carbocycles. The first-order valence-corrected chi connectivity index (χ1v) is 10.2. The molecule has 158 valence electrons. The van der Waals surface area contributed by atoms with Gasteiger partial charge in [0.05, 0.1) is 25.4 Å². The van der Waals surface area contributed by atoms with E-state index >= 15 is 0 Å². The number of hydrogen-bond donors (Lipinski definition) is 1. The maximum atomic E-state index is 13.5. The van der Waals surface area contributed by atoms with E-state index < -0.39 is 17.5 Å². The van der Waals surface area contributed by atoms with E-state index in [1.165, 1.54) is 18.8 Å². The van der Waals surface area contributed by atoms with Crippen molar-refractivity contribution < 1.29 is 23.9 Å². The van der Waals surface area contributed by atoms with Gasteiger partial charge < -0.3 is 19.6 Å². The van der Waals surface area contributed by atoms with Crippen molar-refractivity contribution in [2.45, 2.75) is 37.6 Å². The first-order valence-electron chi connectivity index (χ1n) is 10.2. The maximum absolute atomic E-state index is 13.5. The van der Waals surface area contributed by atoms with Crippen molar-refractivity contribution >= 4 is 29.3 Å². The molecular formula is C23H26N2O5. The SMILES string of the molecule is C/C=C1\CC(C=O)CC2(C(=O)OC)c3c(c4ccccc4n3C(=O)OC)CCNC12. The first kappa shape index (κ1) is 20.3. The summed E-state index contributed by atoms with van der Waals surface area (Å²) < 4.78 is 11.9. The van der Waals surface area contributed by atoms with Crippen molar-refractivity contribution in [2.75, 3.05) is 20.8 Å². The highest BCUT2D eigenvalue weighted by atomic mass is 16.5. The number of ether oxygens (including phenoxy) is 2. The van der Waals surface area contributed by atoms with Crippen LogP contribution in [0.2, 0.25) is 0 Å². The average molecular weight is 410 g/mol. The van der Waals surface area contributed by atoms with Gasteiger partial charge in [-0.05, 0) is 44.4 Å². The Morgan fingerprint density at radius 1 is 1.23 bits per heavy atom. The summed E-state index contributed by atoms with van der Waals surface area (Å²) in [6.45, 7) is 2.54. The number of nitrogens with one attached hydrogen (secondary N) is 1. The molecule has 7 nitrogen and oxygen atoms in total. The lowest BCUT2D eigenvalue weighted by molar-refractivity contribution is -0.150. The molecule has 30 heavy (non-hydrogen) atoms. The fourth-order valence-corrected chi connectivity index (χ4v) is 5.39. The van der Waals surface area contributed by atoms with Crippen molar-refractivity contribution in [1.82, 2.24) is 9.88 Å². The monoisotopic (exact) mass is 410 g/mol. The molecule has 1 aliphatic carbocycles. The van der Waals surface area contributed by atoms with Gasteiger partial charge in [-0.25, -0.2) is 9.36 Å². The molecule has 0 spiro atoms. The Morgan fingerprint density at radius 2 is 2.00 bits per heavy atom. The summed E-state index contributed by atoms with van der Waals surface area (Å²) in [5, 5.41) is 4.42. The number of carbonyl (C=O) groups excluding carboxylic acids is 3. The fourth-order valence-electron chi connectivity index (χ4n) is 5.39. The van der Waals surface area contributed by atoms with Gasteiger partial charge in [0.1, 0.15) is 11.7 Å². The van der Waals surface area contributed by atoms with Crippen LogP contribution in [0.4, 0.5) is 4.79 Å². The van der Waals surface area contributed by atoms with Crippen molar-refractivity contribution in [3.05, 3.63) is 47.2 Å². The summed E-state index contributed by atoms with van der Waals surface area (Å²) in [5.41, 5.74) is 1.92. The highest BCUT2D eigenvalue weighted by Gasteiger charge is 2.57. The largest absolute Gasteiger partial charge is 0.468 e. The summed E-state index contributed by atoms with van der Waals surface area (Å²) in [4.78, 5) is 38.4. The van der Waals surface area contributed by atoms with E-state index in [9.17, 15) is 14.4 Å². The first-order chi connectivity index (χ1) is 14.5. The molecule has 1 aromatic carbocycles. The standard InChI is InChI=1S/C23H26N2O5/c1-4-15-11-14(13-26)12-23(21(27)29-2)19(15)24-10-9-17-16-7-5-6-8-18(16)25(20(17)23)22(28)30-3/h4-8,13-14,19,24H,9-12H2,1-3H3/b15-4+. The molecule has 3 atom stereocenters. The van der Waals surface area contributed by atoms with Gasteiger partial charge in [0.2, 0.25) is 0 Å². The van der Waals surface area contributed by atoms with Crippen LogP contribution in [0.1, 0.15) is 31.0 Å². The second kappa shape index (κ2) is 7.72. The summed E-state index contributed by atoms with van der Waals surface area (Å²) >= 11 is 0. The quantitative estimate of drug-likeness (QED) is 0.465. The van der Waals surface area contributed by atoms with E-state index in [4.69, 9.17) is 9.47 Å². The Bertz CT molecular complexity index is 1050. The van der Waals surface area contributed by atoms with Gasteiger partial charge in [-0.3, -0.25) is 4.79 Å². The lowest BCUT2D eigenvalue weighted by Gasteiger charge is -2.45. The topological polar surface area (TPSA) is 86.6 Å². The predicted molar refractivity (Wildman–Crippen MR) is 111 cm³/mol. The van der Waals surface area contributed by atoms with Gasteiger partial charge in [-0.1, -0.05) is 29.8 Å². The van der Waals surface area contributed by atoms with Crippen LogP contribution in [-0.4, -0.2) is 49.7 Å². The van der Waals surface area contributed by atoms with Crippen LogP contribution in [0.25, 0.3) is 10.9 Å². The third kappa shape index (κ3) is 2.72. The summed E-state index contributed by atoms with van der Waals surface area (Å²) in [6.07, 6.45) is 3.77. The summed E-state index contributed by atoms with van der Waals surface area (Å²) in [7, 11) is 2.68. The molecule has 1 aliphatic heterocycles. The zero-order valence-electron chi connectivity index (χ0n) is 17.4. The lowest BCUT2D eigenvalue weighted by atomic mass is 9.62. The molecular weight excluding hydrogens is 384 g/mol. The second-order valence-electron chi connectivity index (χ2n) is 7.92. The van der Waals surface area contributed by atoms with Gasteiger partial charge in [-0.2, -0.15) is 0 Å². The smallest absolute Gasteiger partial charge is 0.418 e. The molecule has 2 aliphatic rings. The number of aromatic nitrogens is 1. The molecule has 4 rings (SSSR count). The van der Waals surface area contributed by atoms with Gasteiger partial charge in [0, 0.05) is 17.3 Å². The van der Waals surface area contributed by atoms with Crippen molar-refractivity contribution in [1.29, 1.82) is 0 Å². The molecule has 1 fully saturated rings. The number of fused-ring (bicyclic) bond motifs is 5. The number of allylic oxidation sites excluding steroid dienone is 1. The number of aldehydes is 1. The Morgan fingerprint density at radius 3 is 2.67 bits per heavy atom. The summed E-state index contributed by atoms with van der Waals surface area (Å²) in [5.74, 6) is -0.814. The number of methoxy groups -OCH3 is 2. The molecule has 1 N–H and O–H groups in total. The number of benzene rings is 1. The second-order valence-corrected chi connectivity index (χ2v) is 7.92. The molecule has 0 bridgehead atoms. The average Bonchev–Trinajstić information content (AvgIpc) is 3.02. The maximum Gasteiger partial charge on any atom is 0.418 e. The van der Waals surface area contributed by atoms with Crippen LogP contribution in [0.3, 0.4) is 0 Å². The summed E-state index contributed by atoms with van der Waals surface area (Å²) in [6, 6.07) is 7.20. The normalized spacial score (nSPS) is 27.1. The van der Waals surface area contributed by atoms with Crippen LogP contribution in [-0.2, 0) is 30.9 Å². The van der Waals surface area contributed by atoms with Gasteiger partial charge in [0.25, 0.3) is 0 Å². The minimum absolute atomic E-state index is 0.262. The van der Waals surface area contributed by atoms with Crippen LogP contribution in [0.5, 0.6) is 0 Å². The number of carbonyl (C=O) groups is 3. The zero-order valence-corrected chi connectivity index (χ0v) is 17.4. The molecule has 0 saturated heterocycles. The van der Waals surface area contributed by atoms with Crippen LogP contribution < -0.4 is 5.32 Å². The highest BCUT2D eigenvalue weighted by molar-refractivity contribution is 5.98. The molecule has 0 radical (unpaired) electrons. The lowest BCUT2D eigenvalue weighted by Crippen LogP contribution is -2.59. The third-order valence-corrected chi connectivity index (χ3v) is 6.54. The van der Waals surface area contributed by atoms with Crippen molar-refractivity contribution in [3.8, 4) is 0 Å². The van der Waals surface area contributed by atoms with Gasteiger partial charge in [-0.15, -0.1) is 0 Å². The third-order valence-electron chi connectivity index (χ3n) is 6.54. The molecule has 2 heterocycles.